The lowest BCUT2D eigenvalue weighted by atomic mass is 10.0. The minimum Gasteiger partial charge on any atom is -0.368 e. The predicted octanol–water partition coefficient (Wildman–Crippen LogP) is 3.56. The number of nitrogens with zero attached hydrogens (tertiary/aromatic N) is 4. The first-order chi connectivity index (χ1) is 14.0. The van der Waals surface area contributed by atoms with Gasteiger partial charge in [-0.15, -0.1) is 0 Å². The van der Waals surface area contributed by atoms with Crippen LogP contribution in [-0.4, -0.2) is 40.0 Å². The maximum absolute atomic E-state index is 5.96. The van der Waals surface area contributed by atoms with Crippen molar-refractivity contribution < 1.29 is 0 Å². The van der Waals surface area contributed by atoms with E-state index >= 15 is 0 Å². The van der Waals surface area contributed by atoms with Crippen molar-refractivity contribution in [3.05, 3.63) is 77.0 Å². The summed E-state index contributed by atoms with van der Waals surface area (Å²) < 4.78 is 0. The summed E-state index contributed by atoms with van der Waals surface area (Å²) in [5.41, 5.74) is 12.0. The molecule has 150 valence electrons. The highest BCUT2D eigenvalue weighted by atomic mass is 15.3. The lowest BCUT2D eigenvalue weighted by molar-refractivity contribution is 0.136. The number of anilines is 3. The van der Waals surface area contributed by atoms with E-state index in [0.29, 0.717) is 6.54 Å². The smallest absolute Gasteiger partial charge is 0.222 e. The molecule has 0 atom stereocenters. The minimum atomic E-state index is 0.289. The Morgan fingerprint density at radius 1 is 1.07 bits per heavy atom. The second-order valence-corrected chi connectivity index (χ2v) is 7.82. The molecular formula is C23H28N6. The van der Waals surface area contributed by atoms with Gasteiger partial charge >= 0.3 is 0 Å². The number of rotatable bonds is 6. The molecule has 1 aliphatic heterocycles. The van der Waals surface area contributed by atoms with Crippen LogP contribution in [0.4, 0.5) is 17.5 Å². The second-order valence-electron chi connectivity index (χ2n) is 7.82. The summed E-state index contributed by atoms with van der Waals surface area (Å²) in [4.78, 5) is 13.5. The maximum Gasteiger partial charge on any atom is 0.222 e. The predicted molar refractivity (Wildman–Crippen MR) is 118 cm³/mol. The molecule has 0 unspecified atom stereocenters. The topological polar surface area (TPSA) is 70.3 Å². The minimum absolute atomic E-state index is 0.289. The standard InChI is InChI=1S/C23H28N6/c1-17-7-9-20(10-8-17)25-22-13-21(26-23(24)27-22)15-28(2)16-29-12-11-18-5-3-4-6-19(18)14-29/h3-10,13H,11-12,14-16H2,1-2H3,(H3,24,25,26,27). The summed E-state index contributed by atoms with van der Waals surface area (Å²) in [7, 11) is 2.12. The van der Waals surface area contributed by atoms with Gasteiger partial charge in [0.1, 0.15) is 5.82 Å². The van der Waals surface area contributed by atoms with Gasteiger partial charge in [0, 0.05) is 31.4 Å². The first-order valence-corrected chi connectivity index (χ1v) is 10.00. The van der Waals surface area contributed by atoms with Gasteiger partial charge in [-0.1, -0.05) is 42.0 Å². The Morgan fingerprint density at radius 2 is 1.83 bits per heavy atom. The van der Waals surface area contributed by atoms with Gasteiger partial charge < -0.3 is 11.1 Å². The molecule has 0 fully saturated rings. The van der Waals surface area contributed by atoms with Crippen LogP contribution < -0.4 is 11.1 Å². The van der Waals surface area contributed by atoms with E-state index in [9.17, 15) is 0 Å². The van der Waals surface area contributed by atoms with Crippen molar-refractivity contribution in [1.29, 1.82) is 0 Å². The molecule has 0 spiro atoms. The quantitative estimate of drug-likeness (QED) is 0.673. The van der Waals surface area contributed by atoms with Crippen molar-refractivity contribution in [3.8, 4) is 0 Å². The molecule has 29 heavy (non-hydrogen) atoms. The number of nitrogen functional groups attached to an aromatic ring is 1. The summed E-state index contributed by atoms with van der Waals surface area (Å²) in [5.74, 6) is 1.01. The van der Waals surface area contributed by atoms with E-state index in [2.05, 4.69) is 75.5 Å². The average Bonchev–Trinajstić information content (AvgIpc) is 2.69. The highest BCUT2D eigenvalue weighted by Crippen LogP contribution is 2.20. The molecule has 3 aromatic rings. The molecule has 0 amide bonds. The van der Waals surface area contributed by atoms with Gasteiger partial charge in [-0.25, -0.2) is 4.98 Å². The van der Waals surface area contributed by atoms with Crippen LogP contribution in [0.1, 0.15) is 22.4 Å². The first-order valence-electron chi connectivity index (χ1n) is 10.00. The molecule has 4 rings (SSSR count). The monoisotopic (exact) mass is 388 g/mol. The van der Waals surface area contributed by atoms with E-state index in [1.165, 1.54) is 16.7 Å². The molecule has 0 radical (unpaired) electrons. The molecular weight excluding hydrogens is 360 g/mol. The van der Waals surface area contributed by atoms with Crippen LogP contribution in [0.3, 0.4) is 0 Å². The third kappa shape index (κ3) is 5.10. The molecule has 0 saturated carbocycles. The Kier molecular flexibility index (Phi) is 5.74. The van der Waals surface area contributed by atoms with Crippen molar-refractivity contribution in [2.75, 3.05) is 31.3 Å². The van der Waals surface area contributed by atoms with Crippen LogP contribution in [0.15, 0.2) is 54.6 Å². The Bertz CT molecular complexity index is 969. The zero-order chi connectivity index (χ0) is 20.2. The van der Waals surface area contributed by atoms with E-state index < -0.39 is 0 Å². The van der Waals surface area contributed by atoms with E-state index in [1.54, 1.807) is 0 Å². The summed E-state index contributed by atoms with van der Waals surface area (Å²) in [6.45, 7) is 5.74. The third-order valence-electron chi connectivity index (χ3n) is 5.20. The third-order valence-corrected chi connectivity index (χ3v) is 5.20. The summed E-state index contributed by atoms with van der Waals surface area (Å²) in [6.07, 6.45) is 1.11. The van der Waals surface area contributed by atoms with Crippen molar-refractivity contribution in [2.45, 2.75) is 26.4 Å². The van der Waals surface area contributed by atoms with Gasteiger partial charge in [-0.3, -0.25) is 9.80 Å². The maximum atomic E-state index is 5.96. The second kappa shape index (κ2) is 8.59. The van der Waals surface area contributed by atoms with Gasteiger partial charge in [0.25, 0.3) is 0 Å². The molecule has 0 bridgehead atoms. The fourth-order valence-corrected chi connectivity index (χ4v) is 3.79. The van der Waals surface area contributed by atoms with Crippen molar-refractivity contribution >= 4 is 17.5 Å². The van der Waals surface area contributed by atoms with E-state index in [-0.39, 0.29) is 5.95 Å². The van der Waals surface area contributed by atoms with Gasteiger partial charge in [0.2, 0.25) is 5.95 Å². The highest BCUT2D eigenvalue weighted by Gasteiger charge is 2.17. The number of benzene rings is 2. The fourth-order valence-electron chi connectivity index (χ4n) is 3.79. The highest BCUT2D eigenvalue weighted by molar-refractivity contribution is 5.57. The summed E-state index contributed by atoms with van der Waals surface area (Å²) in [5, 5.41) is 3.32. The van der Waals surface area contributed by atoms with E-state index in [4.69, 9.17) is 5.73 Å². The zero-order valence-electron chi connectivity index (χ0n) is 17.1. The molecule has 6 nitrogen and oxygen atoms in total. The fraction of sp³-hybridized carbons (Fsp3) is 0.304. The average molecular weight is 389 g/mol. The number of nitrogens with one attached hydrogen (secondary N) is 1. The van der Waals surface area contributed by atoms with Gasteiger partial charge in [-0.05, 0) is 43.7 Å². The number of aromatic nitrogens is 2. The van der Waals surface area contributed by atoms with Crippen LogP contribution in [-0.2, 0) is 19.5 Å². The molecule has 1 aliphatic rings. The Morgan fingerprint density at radius 3 is 2.62 bits per heavy atom. The molecule has 3 N–H and O–H groups in total. The summed E-state index contributed by atoms with van der Waals surface area (Å²) in [6, 6.07) is 18.9. The van der Waals surface area contributed by atoms with E-state index in [0.717, 1.165) is 43.4 Å². The number of fused-ring (bicyclic) bond motifs is 1. The number of hydrogen-bond donors (Lipinski definition) is 2. The van der Waals surface area contributed by atoms with Gasteiger partial charge in [0.15, 0.2) is 0 Å². The van der Waals surface area contributed by atoms with Crippen molar-refractivity contribution in [2.24, 2.45) is 0 Å². The number of aryl methyl sites for hydroxylation is 1. The zero-order valence-corrected chi connectivity index (χ0v) is 17.1. The Hall–Kier alpha value is -2.96. The van der Waals surface area contributed by atoms with Crippen molar-refractivity contribution in [3.63, 3.8) is 0 Å². The molecule has 2 heterocycles. The number of hydrogen-bond acceptors (Lipinski definition) is 6. The molecule has 0 saturated heterocycles. The lowest BCUT2D eigenvalue weighted by Crippen LogP contribution is -2.38. The largest absolute Gasteiger partial charge is 0.368 e. The summed E-state index contributed by atoms with van der Waals surface area (Å²) >= 11 is 0. The first kappa shape index (κ1) is 19.4. The molecule has 2 aromatic carbocycles. The molecule has 0 aliphatic carbocycles. The molecule has 6 heteroatoms. The SMILES string of the molecule is Cc1ccc(Nc2cc(CN(C)CN3CCc4ccccc4C3)nc(N)n2)cc1. The van der Waals surface area contributed by atoms with Gasteiger partial charge in [0.05, 0.1) is 12.4 Å². The van der Waals surface area contributed by atoms with Crippen LogP contribution in [0.5, 0.6) is 0 Å². The lowest BCUT2D eigenvalue weighted by Gasteiger charge is -2.32. The van der Waals surface area contributed by atoms with Gasteiger partial charge in [-0.2, -0.15) is 4.98 Å². The normalized spacial score (nSPS) is 14.0. The Labute approximate surface area is 172 Å². The Balaban J connectivity index is 1.38. The number of nitrogens with two attached hydrogens (primary N) is 1. The van der Waals surface area contributed by atoms with Crippen LogP contribution in [0.2, 0.25) is 0 Å². The van der Waals surface area contributed by atoms with Crippen LogP contribution in [0, 0.1) is 6.92 Å². The van der Waals surface area contributed by atoms with Crippen LogP contribution >= 0.6 is 0 Å². The van der Waals surface area contributed by atoms with E-state index in [1.807, 2.05) is 18.2 Å². The van der Waals surface area contributed by atoms with Crippen molar-refractivity contribution in [1.82, 2.24) is 19.8 Å². The molecule has 1 aromatic heterocycles. The van der Waals surface area contributed by atoms with Crippen LogP contribution in [0.25, 0.3) is 0 Å².